The molecule has 0 atom stereocenters. The number of imidazole rings is 1. The van der Waals surface area contributed by atoms with Crippen LogP contribution in [-0.2, 0) is 4.79 Å². The lowest BCUT2D eigenvalue weighted by Crippen LogP contribution is -2.04. The van der Waals surface area contributed by atoms with E-state index in [0.717, 1.165) is 33.3 Å². The molecule has 0 unspecified atom stereocenters. The SMILES string of the molecule is COc1ccc2c(c1)/C(=C\c1c(-c3ccccn3)nc3sccn13)C(=O)N2. The van der Waals surface area contributed by atoms with Gasteiger partial charge in [-0.15, -0.1) is 11.3 Å². The standard InChI is InChI=1S/C20H14N4O2S/c1-26-12-5-6-15-13(10-12)14(19(25)22-15)11-17-18(16-4-2-3-7-21-16)23-20-24(17)8-9-27-20/h2-11H,1H3,(H,22,25)/b14-11+. The van der Waals surface area contributed by atoms with Crippen LogP contribution in [0, 0.1) is 0 Å². The Labute approximate surface area is 158 Å². The van der Waals surface area contributed by atoms with Crippen molar-refractivity contribution in [2.45, 2.75) is 0 Å². The van der Waals surface area contributed by atoms with Crippen LogP contribution in [0.25, 0.3) is 28.0 Å². The molecule has 132 valence electrons. The molecule has 0 aliphatic carbocycles. The number of carbonyl (C=O) groups excluding carboxylic acids is 1. The van der Waals surface area contributed by atoms with Gasteiger partial charge < -0.3 is 10.1 Å². The van der Waals surface area contributed by atoms with Gasteiger partial charge in [0.2, 0.25) is 0 Å². The van der Waals surface area contributed by atoms with E-state index in [9.17, 15) is 4.79 Å². The number of hydrogen-bond acceptors (Lipinski definition) is 5. The zero-order valence-corrected chi connectivity index (χ0v) is 15.2. The highest BCUT2D eigenvalue weighted by Gasteiger charge is 2.26. The van der Waals surface area contributed by atoms with Gasteiger partial charge in [-0.3, -0.25) is 14.2 Å². The maximum Gasteiger partial charge on any atom is 0.256 e. The Bertz CT molecular complexity index is 1210. The van der Waals surface area contributed by atoms with E-state index >= 15 is 0 Å². The lowest BCUT2D eigenvalue weighted by atomic mass is 10.0. The molecule has 4 heterocycles. The summed E-state index contributed by atoms with van der Waals surface area (Å²) in [5.41, 5.74) is 4.51. The number of fused-ring (bicyclic) bond motifs is 2. The molecule has 1 aromatic carbocycles. The van der Waals surface area contributed by atoms with Gasteiger partial charge in [0.25, 0.3) is 5.91 Å². The molecule has 5 rings (SSSR count). The van der Waals surface area contributed by atoms with Crippen LogP contribution in [0.5, 0.6) is 5.75 Å². The maximum absolute atomic E-state index is 12.6. The Balaban J connectivity index is 1.74. The second-order valence-electron chi connectivity index (χ2n) is 6.04. The second kappa shape index (κ2) is 6.07. The molecule has 27 heavy (non-hydrogen) atoms. The van der Waals surface area contributed by atoms with Crippen LogP contribution in [0.4, 0.5) is 5.69 Å². The molecule has 4 aromatic rings. The largest absolute Gasteiger partial charge is 0.497 e. The molecule has 3 aromatic heterocycles. The van der Waals surface area contributed by atoms with Crippen LogP contribution in [0.1, 0.15) is 11.3 Å². The van der Waals surface area contributed by atoms with Gasteiger partial charge in [-0.05, 0) is 36.4 Å². The number of thiazole rings is 1. The molecule has 1 aliphatic rings. The van der Waals surface area contributed by atoms with Crippen LogP contribution in [-0.4, -0.2) is 27.4 Å². The smallest absolute Gasteiger partial charge is 0.256 e. The number of hydrogen-bond donors (Lipinski definition) is 1. The Morgan fingerprint density at radius 1 is 1.26 bits per heavy atom. The molecule has 1 amide bonds. The lowest BCUT2D eigenvalue weighted by Gasteiger charge is -2.04. The number of amides is 1. The topological polar surface area (TPSA) is 68.5 Å². The van der Waals surface area contributed by atoms with E-state index in [2.05, 4.69) is 10.3 Å². The number of benzene rings is 1. The number of rotatable bonds is 3. The van der Waals surface area contributed by atoms with Gasteiger partial charge >= 0.3 is 0 Å². The van der Waals surface area contributed by atoms with E-state index in [1.54, 1.807) is 24.6 Å². The summed E-state index contributed by atoms with van der Waals surface area (Å²) in [5, 5.41) is 4.88. The molecular formula is C20H14N4O2S. The van der Waals surface area contributed by atoms with Crippen molar-refractivity contribution in [2.75, 3.05) is 12.4 Å². The Kier molecular flexibility index (Phi) is 3.54. The van der Waals surface area contributed by atoms with Crippen molar-refractivity contribution >= 4 is 39.5 Å². The Hall–Kier alpha value is -3.45. The number of pyridine rings is 1. The number of aromatic nitrogens is 3. The van der Waals surface area contributed by atoms with Crippen molar-refractivity contribution in [1.29, 1.82) is 0 Å². The first-order chi connectivity index (χ1) is 13.2. The van der Waals surface area contributed by atoms with E-state index in [1.165, 1.54) is 0 Å². The number of nitrogens with one attached hydrogen (secondary N) is 1. The average Bonchev–Trinajstić information content (AvgIpc) is 3.37. The molecular weight excluding hydrogens is 360 g/mol. The number of carbonyl (C=O) groups is 1. The Morgan fingerprint density at radius 3 is 3.00 bits per heavy atom. The average molecular weight is 374 g/mol. The van der Waals surface area contributed by atoms with E-state index in [0.29, 0.717) is 11.3 Å². The minimum absolute atomic E-state index is 0.143. The zero-order valence-electron chi connectivity index (χ0n) is 14.3. The van der Waals surface area contributed by atoms with Crippen LogP contribution in [0.15, 0.2) is 54.2 Å². The summed E-state index contributed by atoms with van der Waals surface area (Å²) in [4.78, 5) is 22.6. The third kappa shape index (κ3) is 2.51. The zero-order chi connectivity index (χ0) is 18.4. The van der Waals surface area contributed by atoms with Crippen molar-refractivity contribution in [3.8, 4) is 17.1 Å². The summed E-state index contributed by atoms with van der Waals surface area (Å²) in [6.45, 7) is 0. The van der Waals surface area contributed by atoms with Crippen molar-refractivity contribution in [3.05, 3.63) is 65.4 Å². The van der Waals surface area contributed by atoms with Gasteiger partial charge in [-0.1, -0.05) is 6.07 Å². The van der Waals surface area contributed by atoms with E-state index in [-0.39, 0.29) is 5.91 Å². The van der Waals surface area contributed by atoms with Crippen LogP contribution >= 0.6 is 11.3 Å². The fourth-order valence-corrected chi connectivity index (χ4v) is 3.93. The fraction of sp³-hybridized carbons (Fsp3) is 0.0500. The first-order valence-electron chi connectivity index (χ1n) is 8.33. The van der Waals surface area contributed by atoms with Gasteiger partial charge in [0.1, 0.15) is 11.4 Å². The summed E-state index contributed by atoms with van der Waals surface area (Å²) in [6.07, 6.45) is 5.56. The Morgan fingerprint density at radius 2 is 2.19 bits per heavy atom. The molecule has 0 fully saturated rings. The molecule has 0 bridgehead atoms. The summed E-state index contributed by atoms with van der Waals surface area (Å²) < 4.78 is 7.30. The van der Waals surface area contributed by atoms with Crippen molar-refractivity contribution in [3.63, 3.8) is 0 Å². The monoisotopic (exact) mass is 374 g/mol. The molecule has 0 radical (unpaired) electrons. The van der Waals surface area contributed by atoms with E-state index in [4.69, 9.17) is 9.72 Å². The normalized spacial score (nSPS) is 14.6. The van der Waals surface area contributed by atoms with E-state index < -0.39 is 0 Å². The first kappa shape index (κ1) is 15.8. The van der Waals surface area contributed by atoms with Gasteiger partial charge in [-0.2, -0.15) is 0 Å². The number of nitrogens with zero attached hydrogens (tertiary/aromatic N) is 3. The fourth-order valence-electron chi connectivity index (χ4n) is 3.21. The summed E-state index contributed by atoms with van der Waals surface area (Å²) >= 11 is 1.54. The van der Waals surface area contributed by atoms with Crippen molar-refractivity contribution in [1.82, 2.24) is 14.4 Å². The van der Waals surface area contributed by atoms with Gasteiger partial charge in [0, 0.05) is 29.0 Å². The number of methoxy groups -OCH3 is 1. The summed E-state index contributed by atoms with van der Waals surface area (Å²) in [6, 6.07) is 11.3. The molecule has 7 heteroatoms. The van der Waals surface area contributed by atoms with Crippen molar-refractivity contribution < 1.29 is 9.53 Å². The van der Waals surface area contributed by atoms with Crippen molar-refractivity contribution in [2.24, 2.45) is 0 Å². The van der Waals surface area contributed by atoms with Crippen LogP contribution in [0.3, 0.4) is 0 Å². The minimum Gasteiger partial charge on any atom is -0.497 e. The third-order valence-corrected chi connectivity index (χ3v) is 5.25. The first-order valence-corrected chi connectivity index (χ1v) is 9.21. The highest BCUT2D eigenvalue weighted by Crippen LogP contribution is 2.37. The predicted octanol–water partition coefficient (Wildman–Crippen LogP) is 3.96. The molecule has 0 saturated heterocycles. The van der Waals surface area contributed by atoms with Gasteiger partial charge in [0.05, 0.1) is 24.1 Å². The molecule has 0 spiro atoms. The second-order valence-corrected chi connectivity index (χ2v) is 6.91. The van der Waals surface area contributed by atoms with Crippen LogP contribution < -0.4 is 10.1 Å². The molecule has 1 N–H and O–H groups in total. The minimum atomic E-state index is -0.143. The highest BCUT2D eigenvalue weighted by atomic mass is 32.1. The maximum atomic E-state index is 12.6. The predicted molar refractivity (Wildman–Crippen MR) is 106 cm³/mol. The number of anilines is 1. The molecule has 1 aliphatic heterocycles. The van der Waals surface area contributed by atoms with Gasteiger partial charge in [0.15, 0.2) is 4.96 Å². The lowest BCUT2D eigenvalue weighted by molar-refractivity contribution is -0.110. The summed E-state index contributed by atoms with van der Waals surface area (Å²) in [5.74, 6) is 0.561. The highest BCUT2D eigenvalue weighted by molar-refractivity contribution is 7.15. The van der Waals surface area contributed by atoms with Crippen LogP contribution in [0.2, 0.25) is 0 Å². The molecule has 0 saturated carbocycles. The number of ether oxygens (including phenoxy) is 1. The third-order valence-electron chi connectivity index (χ3n) is 4.50. The van der Waals surface area contributed by atoms with Gasteiger partial charge in [-0.25, -0.2) is 4.98 Å². The van der Waals surface area contributed by atoms with E-state index in [1.807, 2.05) is 58.5 Å². The quantitative estimate of drug-likeness (QED) is 0.551. The molecule has 6 nitrogen and oxygen atoms in total. The summed E-state index contributed by atoms with van der Waals surface area (Å²) in [7, 11) is 1.61.